The summed E-state index contributed by atoms with van der Waals surface area (Å²) in [5.74, 6) is -0.146. The third kappa shape index (κ3) is 5.45. The number of thioether (sulfide) groups is 1. The Morgan fingerprint density at radius 1 is 0.975 bits per heavy atom. The fraction of sp³-hybridized carbons (Fsp3) is 0.0645. The molecule has 198 valence electrons. The van der Waals surface area contributed by atoms with E-state index in [1.807, 2.05) is 77.5 Å². The standard InChI is InChI=1S/C31H23FN4O3S/c32-22-12-14-24(15-13-22)33-29(37)20-35-18-21(26-10-4-5-11-27(26)35)17-28-30(38)36(19-25-9-6-16-39-25)31(40-28)34-23-7-2-1-3-8-23/h1-18H,19-20H2,(H,33,37)/b28-17-,34-31?. The lowest BCUT2D eigenvalue weighted by atomic mass is 10.1. The minimum absolute atomic E-state index is 0.0491. The number of para-hydroxylation sites is 2. The lowest BCUT2D eigenvalue weighted by molar-refractivity contribution is -0.122. The molecule has 6 rings (SSSR count). The highest BCUT2D eigenvalue weighted by Crippen LogP contribution is 2.36. The van der Waals surface area contributed by atoms with E-state index in [1.54, 1.807) is 17.2 Å². The van der Waals surface area contributed by atoms with E-state index in [4.69, 9.17) is 9.41 Å². The van der Waals surface area contributed by atoms with E-state index < -0.39 is 0 Å². The van der Waals surface area contributed by atoms with Crippen LogP contribution < -0.4 is 5.32 Å². The Morgan fingerprint density at radius 2 is 1.75 bits per heavy atom. The second-order valence-corrected chi connectivity index (χ2v) is 10.1. The quantitative estimate of drug-likeness (QED) is 0.226. The fourth-order valence-electron chi connectivity index (χ4n) is 4.45. The van der Waals surface area contributed by atoms with Crippen molar-refractivity contribution in [3.05, 3.63) is 126 Å². The Bertz CT molecular complexity index is 1740. The highest BCUT2D eigenvalue weighted by molar-refractivity contribution is 8.18. The fourth-order valence-corrected chi connectivity index (χ4v) is 5.44. The monoisotopic (exact) mass is 550 g/mol. The molecule has 0 unspecified atom stereocenters. The van der Waals surface area contributed by atoms with E-state index in [9.17, 15) is 14.0 Å². The van der Waals surface area contributed by atoms with Gasteiger partial charge in [0.25, 0.3) is 5.91 Å². The van der Waals surface area contributed by atoms with Crippen LogP contribution in [0.15, 0.2) is 118 Å². The maximum absolute atomic E-state index is 13.6. The number of carbonyl (C=O) groups excluding carboxylic acids is 2. The average molecular weight is 551 g/mol. The number of benzene rings is 3. The number of aliphatic imine (C=N–C) groups is 1. The molecule has 0 bridgehead atoms. The van der Waals surface area contributed by atoms with Crippen molar-refractivity contribution < 1.29 is 18.4 Å². The molecule has 2 amide bonds. The van der Waals surface area contributed by atoms with E-state index in [0.29, 0.717) is 21.5 Å². The summed E-state index contributed by atoms with van der Waals surface area (Å²) in [6, 6.07) is 26.4. The summed E-state index contributed by atoms with van der Waals surface area (Å²) in [6.07, 6.45) is 5.28. The summed E-state index contributed by atoms with van der Waals surface area (Å²) >= 11 is 1.30. The Kier molecular flexibility index (Phi) is 7.03. The number of rotatable bonds is 7. The third-order valence-electron chi connectivity index (χ3n) is 6.31. The minimum atomic E-state index is -0.369. The van der Waals surface area contributed by atoms with E-state index in [-0.39, 0.29) is 30.7 Å². The van der Waals surface area contributed by atoms with Crippen molar-refractivity contribution in [3.63, 3.8) is 0 Å². The summed E-state index contributed by atoms with van der Waals surface area (Å²) in [6.45, 7) is 0.306. The SMILES string of the molecule is O=C(Cn1cc(/C=C2\SC(=Nc3ccccc3)N(Cc3ccco3)C2=O)c2ccccc21)Nc1ccc(F)cc1. The second-order valence-electron chi connectivity index (χ2n) is 9.10. The van der Waals surface area contributed by atoms with E-state index in [2.05, 4.69) is 5.32 Å². The van der Waals surface area contributed by atoms with Gasteiger partial charge in [-0.15, -0.1) is 0 Å². The van der Waals surface area contributed by atoms with Crippen molar-refractivity contribution in [2.24, 2.45) is 4.99 Å². The molecule has 5 aromatic rings. The van der Waals surface area contributed by atoms with Gasteiger partial charge in [0.15, 0.2) is 5.17 Å². The molecule has 1 fully saturated rings. The molecule has 1 aliphatic rings. The van der Waals surface area contributed by atoms with Gasteiger partial charge in [-0.25, -0.2) is 9.38 Å². The topological polar surface area (TPSA) is 79.8 Å². The Morgan fingerprint density at radius 3 is 2.52 bits per heavy atom. The number of nitrogens with one attached hydrogen (secondary N) is 1. The van der Waals surface area contributed by atoms with Gasteiger partial charge in [0, 0.05) is 28.4 Å². The van der Waals surface area contributed by atoms with Crippen molar-refractivity contribution in [3.8, 4) is 0 Å². The van der Waals surface area contributed by atoms with Crippen molar-refractivity contribution in [1.29, 1.82) is 0 Å². The van der Waals surface area contributed by atoms with Gasteiger partial charge in [-0.1, -0.05) is 36.4 Å². The molecule has 40 heavy (non-hydrogen) atoms. The summed E-state index contributed by atoms with van der Waals surface area (Å²) in [5, 5.41) is 4.26. The minimum Gasteiger partial charge on any atom is -0.467 e. The Labute approximate surface area is 233 Å². The molecule has 0 aliphatic carbocycles. The number of nitrogens with zero attached hydrogens (tertiary/aromatic N) is 3. The van der Waals surface area contributed by atoms with Crippen LogP contribution in [0.3, 0.4) is 0 Å². The summed E-state index contributed by atoms with van der Waals surface area (Å²) in [5.41, 5.74) is 2.91. The molecular formula is C31H23FN4O3S. The molecule has 1 saturated heterocycles. The zero-order valence-corrected chi connectivity index (χ0v) is 22.0. The normalized spacial score (nSPS) is 15.4. The number of carbonyl (C=O) groups is 2. The van der Waals surface area contributed by atoms with E-state index in [0.717, 1.165) is 22.2 Å². The molecule has 0 saturated carbocycles. The first-order chi connectivity index (χ1) is 19.5. The largest absolute Gasteiger partial charge is 0.467 e. The highest BCUT2D eigenvalue weighted by Gasteiger charge is 2.34. The van der Waals surface area contributed by atoms with Gasteiger partial charge in [0.2, 0.25) is 5.91 Å². The molecule has 7 nitrogen and oxygen atoms in total. The number of hydrogen-bond acceptors (Lipinski definition) is 5. The van der Waals surface area contributed by atoms with Gasteiger partial charge in [-0.05, 0) is 72.4 Å². The number of anilines is 1. The molecule has 0 spiro atoms. The molecular weight excluding hydrogens is 527 g/mol. The number of halogens is 1. The number of fused-ring (bicyclic) bond motifs is 1. The molecule has 1 aliphatic heterocycles. The van der Waals surface area contributed by atoms with Gasteiger partial charge in [0.05, 0.1) is 23.4 Å². The molecule has 0 atom stereocenters. The summed E-state index contributed by atoms with van der Waals surface area (Å²) in [7, 11) is 0. The number of aromatic nitrogens is 1. The van der Waals surface area contributed by atoms with Crippen LogP contribution in [0.2, 0.25) is 0 Å². The highest BCUT2D eigenvalue weighted by atomic mass is 32.2. The van der Waals surface area contributed by atoms with Crippen LogP contribution in [0, 0.1) is 5.82 Å². The van der Waals surface area contributed by atoms with Crippen LogP contribution in [0.1, 0.15) is 11.3 Å². The van der Waals surface area contributed by atoms with Gasteiger partial charge in [-0.3, -0.25) is 14.5 Å². The first-order valence-electron chi connectivity index (χ1n) is 12.5. The smallest absolute Gasteiger partial charge is 0.267 e. The van der Waals surface area contributed by atoms with Gasteiger partial charge in [-0.2, -0.15) is 0 Å². The average Bonchev–Trinajstić information content (AvgIpc) is 3.67. The van der Waals surface area contributed by atoms with Crippen LogP contribution in [0.25, 0.3) is 17.0 Å². The Hall–Kier alpha value is -4.89. The summed E-state index contributed by atoms with van der Waals surface area (Å²) in [4.78, 5) is 33.3. The lowest BCUT2D eigenvalue weighted by Crippen LogP contribution is -2.28. The van der Waals surface area contributed by atoms with Crippen LogP contribution in [0.5, 0.6) is 0 Å². The van der Waals surface area contributed by atoms with Gasteiger partial charge in [0.1, 0.15) is 18.1 Å². The number of hydrogen-bond donors (Lipinski definition) is 1. The first-order valence-corrected chi connectivity index (χ1v) is 13.4. The number of amidine groups is 1. The van der Waals surface area contributed by atoms with Crippen LogP contribution in [-0.2, 0) is 22.7 Å². The van der Waals surface area contributed by atoms with Crippen molar-refractivity contribution in [2.45, 2.75) is 13.1 Å². The molecule has 3 aromatic carbocycles. The van der Waals surface area contributed by atoms with E-state index in [1.165, 1.54) is 36.0 Å². The predicted molar refractivity (Wildman–Crippen MR) is 155 cm³/mol. The maximum Gasteiger partial charge on any atom is 0.267 e. The molecule has 0 radical (unpaired) electrons. The van der Waals surface area contributed by atoms with E-state index >= 15 is 0 Å². The molecule has 9 heteroatoms. The predicted octanol–water partition coefficient (Wildman–Crippen LogP) is 6.82. The van der Waals surface area contributed by atoms with Crippen LogP contribution in [0.4, 0.5) is 15.8 Å². The van der Waals surface area contributed by atoms with Crippen LogP contribution >= 0.6 is 11.8 Å². The lowest BCUT2D eigenvalue weighted by Gasteiger charge is -2.13. The molecule has 3 heterocycles. The second kappa shape index (κ2) is 11.1. The molecule has 2 aromatic heterocycles. The third-order valence-corrected chi connectivity index (χ3v) is 7.32. The van der Waals surface area contributed by atoms with Crippen molar-refractivity contribution in [2.75, 3.05) is 5.32 Å². The van der Waals surface area contributed by atoms with Gasteiger partial charge >= 0.3 is 0 Å². The van der Waals surface area contributed by atoms with Gasteiger partial charge < -0.3 is 14.3 Å². The zero-order valence-electron chi connectivity index (χ0n) is 21.2. The number of amides is 2. The zero-order chi connectivity index (χ0) is 27.5. The van der Waals surface area contributed by atoms with Crippen LogP contribution in [-0.4, -0.2) is 26.4 Å². The summed E-state index contributed by atoms with van der Waals surface area (Å²) < 4.78 is 20.6. The Balaban J connectivity index is 1.31. The number of furan rings is 1. The van der Waals surface area contributed by atoms with Crippen molar-refractivity contribution >= 4 is 57.1 Å². The first kappa shape index (κ1) is 25.4. The van der Waals surface area contributed by atoms with Crippen molar-refractivity contribution in [1.82, 2.24) is 9.47 Å². The maximum atomic E-state index is 13.6. The molecule has 1 N–H and O–H groups in total.